The van der Waals surface area contributed by atoms with Crippen molar-refractivity contribution in [2.45, 2.75) is 33.2 Å². The maximum Gasteiger partial charge on any atom is 0.232 e. The normalized spacial score (nSPS) is 12.1. The molecule has 1 aromatic heterocycles. The van der Waals surface area contributed by atoms with Gasteiger partial charge in [-0.1, -0.05) is 19.1 Å². The van der Waals surface area contributed by atoms with Crippen LogP contribution in [0.5, 0.6) is 5.75 Å². The molecule has 0 aliphatic heterocycles. The van der Waals surface area contributed by atoms with Crippen molar-refractivity contribution in [3.63, 3.8) is 0 Å². The van der Waals surface area contributed by atoms with Gasteiger partial charge in [-0.25, -0.2) is 0 Å². The average molecular weight is 311 g/mol. The second-order valence-electron chi connectivity index (χ2n) is 5.13. The Kier molecular flexibility index (Phi) is 5.81. The van der Waals surface area contributed by atoms with E-state index in [1.807, 2.05) is 50.3 Å². The zero-order valence-electron chi connectivity index (χ0n) is 13.7. The SMILES string of the molecule is CCOc1ccc(/C=C/c2nc(C#N)c(N[C@@H](C)CC)o2)cc1. The molecule has 2 aromatic rings. The average Bonchev–Trinajstić information content (AvgIpc) is 2.96. The van der Waals surface area contributed by atoms with E-state index >= 15 is 0 Å². The molecule has 5 nitrogen and oxygen atoms in total. The number of oxazole rings is 1. The number of nitrogens with one attached hydrogen (secondary N) is 1. The molecule has 0 saturated carbocycles. The molecule has 120 valence electrons. The predicted molar refractivity (Wildman–Crippen MR) is 91.1 cm³/mol. The van der Waals surface area contributed by atoms with E-state index in [2.05, 4.69) is 17.2 Å². The summed E-state index contributed by atoms with van der Waals surface area (Å²) >= 11 is 0. The summed E-state index contributed by atoms with van der Waals surface area (Å²) in [6.45, 7) is 6.69. The lowest BCUT2D eigenvalue weighted by Crippen LogP contribution is -2.13. The number of ether oxygens (including phenoxy) is 1. The Hall–Kier alpha value is -2.74. The zero-order valence-corrected chi connectivity index (χ0v) is 13.7. The minimum atomic E-state index is 0.220. The molecule has 0 amide bonds. The molecule has 0 spiro atoms. The Morgan fingerprint density at radius 2 is 2.04 bits per heavy atom. The molecular weight excluding hydrogens is 290 g/mol. The zero-order chi connectivity index (χ0) is 16.7. The van der Waals surface area contributed by atoms with Crippen LogP contribution >= 0.6 is 0 Å². The van der Waals surface area contributed by atoms with Gasteiger partial charge < -0.3 is 14.5 Å². The molecule has 1 atom stereocenters. The Balaban J connectivity index is 2.11. The van der Waals surface area contributed by atoms with E-state index in [4.69, 9.17) is 14.4 Å². The molecule has 1 N–H and O–H groups in total. The molecule has 5 heteroatoms. The van der Waals surface area contributed by atoms with E-state index in [1.54, 1.807) is 6.08 Å². The monoisotopic (exact) mass is 311 g/mol. The molecule has 2 rings (SSSR count). The quantitative estimate of drug-likeness (QED) is 0.824. The number of hydrogen-bond donors (Lipinski definition) is 1. The van der Waals surface area contributed by atoms with Gasteiger partial charge >= 0.3 is 0 Å². The van der Waals surface area contributed by atoms with Crippen molar-refractivity contribution in [2.75, 3.05) is 11.9 Å². The molecule has 0 radical (unpaired) electrons. The maximum absolute atomic E-state index is 9.13. The molecule has 1 aromatic carbocycles. The molecule has 0 saturated heterocycles. The highest BCUT2D eigenvalue weighted by Gasteiger charge is 2.12. The van der Waals surface area contributed by atoms with Gasteiger partial charge in [0.1, 0.15) is 11.8 Å². The fourth-order valence-electron chi connectivity index (χ4n) is 1.92. The summed E-state index contributed by atoms with van der Waals surface area (Å²) < 4.78 is 11.0. The van der Waals surface area contributed by atoms with Gasteiger partial charge in [0.05, 0.1) is 6.61 Å². The first kappa shape index (κ1) is 16.6. The fourth-order valence-corrected chi connectivity index (χ4v) is 1.92. The highest BCUT2D eigenvalue weighted by Crippen LogP contribution is 2.20. The lowest BCUT2D eigenvalue weighted by atomic mass is 10.2. The summed E-state index contributed by atoms with van der Waals surface area (Å²) in [6, 6.07) is 10.00. The number of benzene rings is 1. The van der Waals surface area contributed by atoms with Crippen LogP contribution in [0.2, 0.25) is 0 Å². The Labute approximate surface area is 136 Å². The smallest absolute Gasteiger partial charge is 0.232 e. The van der Waals surface area contributed by atoms with E-state index in [0.717, 1.165) is 17.7 Å². The van der Waals surface area contributed by atoms with Crippen LogP contribution in [0.3, 0.4) is 0 Å². The van der Waals surface area contributed by atoms with Crippen LogP contribution in [0.1, 0.15) is 44.3 Å². The van der Waals surface area contributed by atoms with E-state index < -0.39 is 0 Å². The van der Waals surface area contributed by atoms with Crippen molar-refractivity contribution in [2.24, 2.45) is 0 Å². The Morgan fingerprint density at radius 3 is 2.65 bits per heavy atom. The van der Waals surface area contributed by atoms with Gasteiger partial charge in [0, 0.05) is 12.1 Å². The van der Waals surface area contributed by atoms with E-state index in [1.165, 1.54) is 0 Å². The number of nitriles is 1. The van der Waals surface area contributed by atoms with Gasteiger partial charge in [-0.3, -0.25) is 0 Å². The summed E-state index contributed by atoms with van der Waals surface area (Å²) in [6.07, 6.45) is 4.57. The predicted octanol–water partition coefficient (Wildman–Crippen LogP) is 4.33. The molecule has 0 fully saturated rings. The van der Waals surface area contributed by atoms with E-state index in [9.17, 15) is 0 Å². The lowest BCUT2D eigenvalue weighted by Gasteiger charge is -2.08. The van der Waals surface area contributed by atoms with Crippen molar-refractivity contribution in [1.29, 1.82) is 5.26 Å². The maximum atomic E-state index is 9.13. The van der Waals surface area contributed by atoms with Crippen molar-refractivity contribution in [1.82, 2.24) is 4.98 Å². The van der Waals surface area contributed by atoms with Crippen LogP contribution in [0.4, 0.5) is 5.88 Å². The molecule has 0 unspecified atom stereocenters. The van der Waals surface area contributed by atoms with Crippen molar-refractivity contribution in [3.8, 4) is 11.8 Å². The van der Waals surface area contributed by atoms with Crippen LogP contribution in [0.15, 0.2) is 28.7 Å². The first-order valence-electron chi connectivity index (χ1n) is 7.74. The molecule has 1 heterocycles. The first-order valence-corrected chi connectivity index (χ1v) is 7.74. The van der Waals surface area contributed by atoms with Gasteiger partial charge in [0.2, 0.25) is 17.5 Å². The number of rotatable bonds is 7. The molecule has 23 heavy (non-hydrogen) atoms. The third-order valence-corrected chi connectivity index (χ3v) is 3.35. The number of nitrogens with zero attached hydrogens (tertiary/aromatic N) is 2. The van der Waals surface area contributed by atoms with Gasteiger partial charge in [-0.15, -0.1) is 0 Å². The second-order valence-corrected chi connectivity index (χ2v) is 5.13. The summed E-state index contributed by atoms with van der Waals surface area (Å²) in [5.41, 5.74) is 1.28. The van der Waals surface area contributed by atoms with Crippen molar-refractivity contribution >= 4 is 18.0 Å². The van der Waals surface area contributed by atoms with Gasteiger partial charge in [0.15, 0.2) is 0 Å². The third kappa shape index (κ3) is 4.62. The lowest BCUT2D eigenvalue weighted by molar-refractivity contribution is 0.340. The van der Waals surface area contributed by atoms with Crippen LogP contribution in [-0.2, 0) is 0 Å². The van der Waals surface area contributed by atoms with Gasteiger partial charge in [-0.2, -0.15) is 10.2 Å². The largest absolute Gasteiger partial charge is 0.494 e. The summed E-state index contributed by atoms with van der Waals surface area (Å²) in [5, 5.41) is 12.3. The van der Waals surface area contributed by atoms with Crippen molar-refractivity contribution < 1.29 is 9.15 Å². The molecule has 0 aliphatic carbocycles. The highest BCUT2D eigenvalue weighted by atomic mass is 16.5. The van der Waals surface area contributed by atoms with E-state index in [0.29, 0.717) is 18.4 Å². The Bertz CT molecular complexity index is 696. The summed E-state index contributed by atoms with van der Waals surface area (Å²) in [7, 11) is 0. The van der Waals surface area contributed by atoms with Crippen molar-refractivity contribution in [3.05, 3.63) is 41.4 Å². The van der Waals surface area contributed by atoms with Crippen LogP contribution in [0.25, 0.3) is 12.2 Å². The molecular formula is C18H21N3O2. The van der Waals surface area contributed by atoms with Crippen LogP contribution in [-0.4, -0.2) is 17.6 Å². The van der Waals surface area contributed by atoms with Gasteiger partial charge in [-0.05, 0) is 44.0 Å². The highest BCUT2D eigenvalue weighted by molar-refractivity contribution is 5.67. The standard InChI is InChI=1S/C18H21N3O2/c1-4-13(3)20-18-16(12-19)21-17(23-18)11-8-14-6-9-15(10-7-14)22-5-2/h6-11,13,20H,4-5H2,1-3H3/b11-8+/t13-/m0/s1. The topological polar surface area (TPSA) is 71.1 Å². The fraction of sp³-hybridized carbons (Fsp3) is 0.333. The molecule has 0 aliphatic rings. The van der Waals surface area contributed by atoms with Crippen LogP contribution in [0, 0.1) is 11.3 Å². The molecule has 0 bridgehead atoms. The minimum Gasteiger partial charge on any atom is -0.494 e. The Morgan fingerprint density at radius 1 is 1.30 bits per heavy atom. The summed E-state index contributed by atoms with van der Waals surface area (Å²) in [5.74, 6) is 1.67. The second kappa shape index (κ2) is 8.04. The third-order valence-electron chi connectivity index (χ3n) is 3.35. The number of anilines is 1. The summed E-state index contributed by atoms with van der Waals surface area (Å²) in [4.78, 5) is 4.18. The number of aromatic nitrogens is 1. The van der Waals surface area contributed by atoms with Gasteiger partial charge in [0.25, 0.3) is 0 Å². The van der Waals surface area contributed by atoms with E-state index in [-0.39, 0.29) is 11.7 Å². The first-order chi connectivity index (χ1) is 11.2. The minimum absolute atomic E-state index is 0.220. The number of hydrogen-bond acceptors (Lipinski definition) is 5. The van der Waals surface area contributed by atoms with Crippen LogP contribution < -0.4 is 10.1 Å².